The quantitative estimate of drug-likeness (QED) is 0.634. The molecule has 1 aromatic heterocycles. The van der Waals surface area contributed by atoms with E-state index in [1.54, 1.807) is 17.8 Å². The topological polar surface area (TPSA) is 54.1 Å². The van der Waals surface area contributed by atoms with E-state index in [0.29, 0.717) is 12.2 Å². The highest BCUT2D eigenvalue weighted by molar-refractivity contribution is 7.98. The third-order valence-corrected chi connectivity index (χ3v) is 4.11. The summed E-state index contributed by atoms with van der Waals surface area (Å²) >= 11 is 1.74. The van der Waals surface area contributed by atoms with Gasteiger partial charge >= 0.3 is 5.97 Å². The Kier molecular flexibility index (Phi) is 5.47. The Morgan fingerprint density at radius 1 is 1.29 bits per heavy atom. The number of methoxy groups -OCH3 is 1. The van der Waals surface area contributed by atoms with Gasteiger partial charge < -0.3 is 15.0 Å². The molecular formula is C16H20N2O2S. The van der Waals surface area contributed by atoms with Crippen LogP contribution in [0.3, 0.4) is 0 Å². The number of thioether (sulfide) groups is 1. The van der Waals surface area contributed by atoms with Crippen LogP contribution in [-0.2, 0) is 11.3 Å². The van der Waals surface area contributed by atoms with Crippen molar-refractivity contribution in [3.8, 4) is 0 Å². The van der Waals surface area contributed by atoms with Gasteiger partial charge in [-0.15, -0.1) is 11.8 Å². The van der Waals surface area contributed by atoms with Gasteiger partial charge in [0, 0.05) is 23.2 Å². The van der Waals surface area contributed by atoms with E-state index >= 15 is 0 Å². The number of ether oxygens (including phenoxy) is 1. The van der Waals surface area contributed by atoms with Crippen LogP contribution in [0.5, 0.6) is 0 Å². The predicted molar refractivity (Wildman–Crippen MR) is 85.6 cm³/mol. The predicted octanol–water partition coefficient (Wildman–Crippen LogP) is 3.37. The second-order valence-electron chi connectivity index (χ2n) is 4.76. The standard InChI is InChI=1S/C16H20N2O2S/c1-11(12-4-7-14(21-3)8-5-12)17-10-13-6-9-15(18-13)16(19)20-2/h4-9,11,17-18H,10H2,1-3H3. The first-order valence-electron chi connectivity index (χ1n) is 6.77. The first-order chi connectivity index (χ1) is 10.1. The van der Waals surface area contributed by atoms with E-state index in [1.165, 1.54) is 17.6 Å². The van der Waals surface area contributed by atoms with Crippen molar-refractivity contribution in [2.24, 2.45) is 0 Å². The smallest absolute Gasteiger partial charge is 0.354 e. The number of carbonyl (C=O) groups excluding carboxylic acids is 1. The molecule has 21 heavy (non-hydrogen) atoms. The second kappa shape index (κ2) is 7.33. The van der Waals surface area contributed by atoms with E-state index in [-0.39, 0.29) is 12.0 Å². The maximum Gasteiger partial charge on any atom is 0.354 e. The third-order valence-electron chi connectivity index (χ3n) is 3.37. The molecule has 0 saturated heterocycles. The van der Waals surface area contributed by atoms with E-state index in [0.717, 1.165) is 5.69 Å². The molecule has 0 aliphatic carbocycles. The van der Waals surface area contributed by atoms with Crippen molar-refractivity contribution in [1.82, 2.24) is 10.3 Å². The molecule has 5 heteroatoms. The summed E-state index contributed by atoms with van der Waals surface area (Å²) in [4.78, 5) is 15.7. The highest BCUT2D eigenvalue weighted by atomic mass is 32.2. The number of rotatable bonds is 6. The Hall–Kier alpha value is -1.72. The molecule has 0 saturated carbocycles. The van der Waals surface area contributed by atoms with E-state index in [1.807, 2.05) is 6.07 Å². The molecule has 1 atom stereocenters. The Bertz CT molecular complexity index is 593. The summed E-state index contributed by atoms with van der Waals surface area (Å²) in [6.45, 7) is 2.79. The zero-order valence-corrected chi connectivity index (χ0v) is 13.3. The van der Waals surface area contributed by atoms with Gasteiger partial charge in [0.2, 0.25) is 0 Å². The van der Waals surface area contributed by atoms with Crippen LogP contribution in [0, 0.1) is 0 Å². The Labute approximate surface area is 129 Å². The number of aromatic amines is 1. The van der Waals surface area contributed by atoms with Gasteiger partial charge in [-0.1, -0.05) is 12.1 Å². The minimum atomic E-state index is -0.345. The van der Waals surface area contributed by atoms with Gasteiger partial charge in [-0.25, -0.2) is 4.79 Å². The van der Waals surface area contributed by atoms with Gasteiger partial charge in [-0.05, 0) is 43.0 Å². The molecule has 2 aromatic rings. The van der Waals surface area contributed by atoms with Crippen molar-refractivity contribution in [2.45, 2.75) is 24.4 Å². The molecule has 0 aliphatic rings. The summed E-state index contributed by atoms with van der Waals surface area (Å²) in [7, 11) is 1.38. The fraction of sp³-hybridized carbons (Fsp3) is 0.312. The van der Waals surface area contributed by atoms with Crippen molar-refractivity contribution < 1.29 is 9.53 Å². The summed E-state index contributed by atoms with van der Waals surface area (Å²) < 4.78 is 4.67. The minimum Gasteiger partial charge on any atom is -0.464 e. The molecule has 1 heterocycles. The maximum atomic E-state index is 11.4. The molecule has 0 fully saturated rings. The molecule has 4 nitrogen and oxygen atoms in total. The lowest BCUT2D eigenvalue weighted by Crippen LogP contribution is -2.18. The van der Waals surface area contributed by atoms with Crippen molar-refractivity contribution in [3.05, 3.63) is 53.3 Å². The first kappa shape index (κ1) is 15.7. The number of hydrogen-bond donors (Lipinski definition) is 2. The zero-order chi connectivity index (χ0) is 15.2. The fourth-order valence-corrected chi connectivity index (χ4v) is 2.45. The molecule has 1 unspecified atom stereocenters. The maximum absolute atomic E-state index is 11.4. The number of H-pyrrole nitrogens is 1. The Morgan fingerprint density at radius 3 is 2.62 bits per heavy atom. The molecule has 0 amide bonds. The third kappa shape index (κ3) is 4.12. The van der Waals surface area contributed by atoms with Crippen molar-refractivity contribution >= 4 is 17.7 Å². The van der Waals surface area contributed by atoms with Gasteiger partial charge in [-0.2, -0.15) is 0 Å². The lowest BCUT2D eigenvalue weighted by Gasteiger charge is -2.14. The number of hydrogen-bond acceptors (Lipinski definition) is 4. The van der Waals surface area contributed by atoms with Gasteiger partial charge in [-0.3, -0.25) is 0 Å². The summed E-state index contributed by atoms with van der Waals surface area (Å²) in [5.74, 6) is -0.345. The Morgan fingerprint density at radius 2 is 2.00 bits per heavy atom. The molecule has 0 bridgehead atoms. The number of carbonyl (C=O) groups is 1. The average Bonchev–Trinajstić information content (AvgIpc) is 3.01. The minimum absolute atomic E-state index is 0.241. The van der Waals surface area contributed by atoms with E-state index < -0.39 is 0 Å². The average molecular weight is 304 g/mol. The van der Waals surface area contributed by atoms with Gasteiger partial charge in [0.25, 0.3) is 0 Å². The molecule has 0 spiro atoms. The van der Waals surface area contributed by atoms with E-state index in [9.17, 15) is 4.79 Å². The molecule has 2 rings (SSSR count). The lowest BCUT2D eigenvalue weighted by atomic mass is 10.1. The fourth-order valence-electron chi connectivity index (χ4n) is 2.05. The van der Waals surface area contributed by atoms with Crippen LogP contribution in [0.1, 0.15) is 34.7 Å². The lowest BCUT2D eigenvalue weighted by molar-refractivity contribution is 0.0594. The largest absolute Gasteiger partial charge is 0.464 e. The van der Waals surface area contributed by atoms with E-state index in [4.69, 9.17) is 0 Å². The summed E-state index contributed by atoms with van der Waals surface area (Å²) in [5, 5.41) is 3.43. The van der Waals surface area contributed by atoms with Gasteiger partial charge in [0.05, 0.1) is 7.11 Å². The van der Waals surface area contributed by atoms with Crippen LogP contribution in [0.2, 0.25) is 0 Å². The number of aromatic nitrogens is 1. The normalized spacial score (nSPS) is 12.1. The second-order valence-corrected chi connectivity index (χ2v) is 5.64. The molecule has 2 N–H and O–H groups in total. The van der Waals surface area contributed by atoms with Crippen LogP contribution in [0.25, 0.3) is 0 Å². The van der Waals surface area contributed by atoms with Crippen LogP contribution in [-0.4, -0.2) is 24.3 Å². The summed E-state index contributed by atoms with van der Waals surface area (Å²) in [6.07, 6.45) is 2.07. The van der Waals surface area contributed by atoms with Crippen molar-refractivity contribution in [2.75, 3.05) is 13.4 Å². The molecule has 0 radical (unpaired) electrons. The van der Waals surface area contributed by atoms with E-state index in [2.05, 4.69) is 52.5 Å². The molecular weight excluding hydrogens is 284 g/mol. The van der Waals surface area contributed by atoms with Gasteiger partial charge in [0.1, 0.15) is 5.69 Å². The monoisotopic (exact) mass is 304 g/mol. The number of nitrogens with one attached hydrogen (secondary N) is 2. The van der Waals surface area contributed by atoms with Crippen molar-refractivity contribution in [3.63, 3.8) is 0 Å². The zero-order valence-electron chi connectivity index (χ0n) is 12.5. The van der Waals surface area contributed by atoms with Crippen LogP contribution in [0.15, 0.2) is 41.3 Å². The van der Waals surface area contributed by atoms with Crippen molar-refractivity contribution in [1.29, 1.82) is 0 Å². The Balaban J connectivity index is 1.92. The van der Waals surface area contributed by atoms with Crippen LogP contribution < -0.4 is 5.32 Å². The molecule has 112 valence electrons. The molecule has 1 aromatic carbocycles. The number of esters is 1. The summed E-state index contributed by atoms with van der Waals surface area (Å²) in [6, 6.07) is 12.4. The molecule has 0 aliphatic heterocycles. The first-order valence-corrected chi connectivity index (χ1v) is 8.00. The SMILES string of the molecule is COC(=O)c1ccc(CNC(C)c2ccc(SC)cc2)[nH]1. The number of benzene rings is 1. The van der Waals surface area contributed by atoms with Gasteiger partial charge in [0.15, 0.2) is 0 Å². The van der Waals surface area contributed by atoms with Crippen LogP contribution in [0.4, 0.5) is 0 Å². The van der Waals surface area contributed by atoms with Crippen LogP contribution >= 0.6 is 11.8 Å². The highest BCUT2D eigenvalue weighted by Crippen LogP contribution is 2.19. The summed E-state index contributed by atoms with van der Waals surface area (Å²) in [5.41, 5.74) is 2.68. The highest BCUT2D eigenvalue weighted by Gasteiger charge is 2.09.